The summed E-state index contributed by atoms with van der Waals surface area (Å²) in [6.07, 6.45) is 5.97. The Bertz CT molecular complexity index is 904. The Labute approximate surface area is 170 Å². The molecule has 0 bridgehead atoms. The molecule has 0 amide bonds. The maximum atomic E-state index is 6.36. The van der Waals surface area contributed by atoms with Crippen molar-refractivity contribution in [1.82, 2.24) is 14.5 Å². The first kappa shape index (κ1) is 19.8. The number of halogens is 1. The summed E-state index contributed by atoms with van der Waals surface area (Å²) in [6, 6.07) is 1.98. The van der Waals surface area contributed by atoms with Gasteiger partial charge in [-0.25, -0.2) is 9.97 Å². The Morgan fingerprint density at radius 1 is 1.36 bits per heavy atom. The van der Waals surface area contributed by atoms with Gasteiger partial charge in [0.1, 0.15) is 29.3 Å². The lowest BCUT2D eigenvalue weighted by Crippen LogP contribution is -2.40. The highest BCUT2D eigenvalue weighted by Crippen LogP contribution is 2.55. The molecule has 4 rings (SSSR count). The molecule has 2 fully saturated rings. The van der Waals surface area contributed by atoms with Crippen LogP contribution in [-0.2, 0) is 14.2 Å². The van der Waals surface area contributed by atoms with Crippen molar-refractivity contribution in [3.05, 3.63) is 36.4 Å². The molecule has 0 unspecified atom stereocenters. The summed E-state index contributed by atoms with van der Waals surface area (Å²) in [5.41, 5.74) is 0.192. The van der Waals surface area contributed by atoms with Gasteiger partial charge in [0.25, 0.3) is 0 Å². The number of ether oxygens (including phenoxy) is 3. The molecular weight excluding hydrogens is 378 g/mol. The number of hydrogen-bond acceptors (Lipinski definition) is 5. The van der Waals surface area contributed by atoms with Crippen LogP contribution in [0.4, 0.5) is 0 Å². The van der Waals surface area contributed by atoms with Gasteiger partial charge in [-0.05, 0) is 47.1 Å². The highest BCUT2D eigenvalue weighted by molar-refractivity contribution is 6.33. The van der Waals surface area contributed by atoms with E-state index >= 15 is 0 Å². The Hall–Kier alpha value is -1.47. The second-order valence-electron chi connectivity index (χ2n) is 9.26. The standard InChI is InChI=1S/C21H28ClN3O3/c1-7-21(11-26-19(2,3)4)10-14(15-16(21)28-20(5,6)27-15)25-9-8-13-17(22)23-12-24-18(13)25/h7-9,12,14-16H,1,10-11H2,2-6H3/t14-,15+,16+,21+/m1/s1. The van der Waals surface area contributed by atoms with E-state index in [0.29, 0.717) is 11.8 Å². The summed E-state index contributed by atoms with van der Waals surface area (Å²) in [7, 11) is 0. The van der Waals surface area contributed by atoms with Gasteiger partial charge in [0.2, 0.25) is 0 Å². The minimum atomic E-state index is -0.667. The SMILES string of the molecule is C=C[C@@]1(COC(C)(C)C)C[C@@H](n2ccc3c(Cl)ncnc32)[C@@H]2OC(C)(C)O[C@@H]21. The molecule has 0 aromatic carbocycles. The monoisotopic (exact) mass is 405 g/mol. The topological polar surface area (TPSA) is 58.4 Å². The third-order valence-corrected chi connectivity index (χ3v) is 5.96. The zero-order valence-electron chi connectivity index (χ0n) is 17.1. The number of hydrogen-bond donors (Lipinski definition) is 0. The Balaban J connectivity index is 1.76. The van der Waals surface area contributed by atoms with Gasteiger partial charge in [-0.3, -0.25) is 0 Å². The molecule has 0 spiro atoms. The predicted octanol–water partition coefficient (Wildman–Crippen LogP) is 4.54. The molecule has 1 saturated heterocycles. The molecule has 6 nitrogen and oxygen atoms in total. The molecule has 2 aromatic rings. The van der Waals surface area contributed by atoms with Crippen LogP contribution in [0.1, 0.15) is 47.1 Å². The van der Waals surface area contributed by atoms with E-state index in [2.05, 4.69) is 41.9 Å². The molecule has 2 aromatic heterocycles. The summed E-state index contributed by atoms with van der Waals surface area (Å²) >= 11 is 6.26. The van der Waals surface area contributed by atoms with Gasteiger partial charge in [0, 0.05) is 11.6 Å². The average molecular weight is 406 g/mol. The molecule has 0 radical (unpaired) electrons. The Morgan fingerprint density at radius 2 is 2.11 bits per heavy atom. The smallest absolute Gasteiger partial charge is 0.163 e. The number of fused-ring (bicyclic) bond motifs is 2. The van der Waals surface area contributed by atoms with E-state index in [9.17, 15) is 0 Å². The van der Waals surface area contributed by atoms with Crippen LogP contribution in [0.15, 0.2) is 31.2 Å². The minimum Gasteiger partial charge on any atom is -0.375 e. The van der Waals surface area contributed by atoms with Crippen LogP contribution in [0, 0.1) is 5.41 Å². The number of aromatic nitrogens is 3. The largest absolute Gasteiger partial charge is 0.375 e. The summed E-state index contributed by atoms with van der Waals surface area (Å²) in [5.74, 6) is -0.667. The zero-order chi connectivity index (χ0) is 20.3. The molecular formula is C21H28ClN3O3. The van der Waals surface area contributed by atoms with Crippen LogP contribution < -0.4 is 0 Å². The van der Waals surface area contributed by atoms with Crippen molar-refractivity contribution in [2.75, 3.05) is 6.61 Å². The van der Waals surface area contributed by atoms with Crippen LogP contribution in [0.2, 0.25) is 5.15 Å². The molecule has 1 aliphatic carbocycles. The Morgan fingerprint density at radius 3 is 2.79 bits per heavy atom. The van der Waals surface area contributed by atoms with Gasteiger partial charge in [-0.1, -0.05) is 17.7 Å². The third-order valence-electron chi connectivity index (χ3n) is 5.66. The lowest BCUT2D eigenvalue weighted by atomic mass is 9.84. The van der Waals surface area contributed by atoms with E-state index in [1.807, 2.05) is 32.2 Å². The van der Waals surface area contributed by atoms with Crippen molar-refractivity contribution in [2.24, 2.45) is 5.41 Å². The number of nitrogens with zero attached hydrogens (tertiary/aromatic N) is 3. The minimum absolute atomic E-state index is 0.0248. The van der Waals surface area contributed by atoms with Crippen LogP contribution in [0.25, 0.3) is 11.0 Å². The van der Waals surface area contributed by atoms with E-state index in [0.717, 1.165) is 17.5 Å². The summed E-state index contributed by atoms with van der Waals surface area (Å²) in [6.45, 7) is 14.7. The van der Waals surface area contributed by atoms with Crippen molar-refractivity contribution < 1.29 is 14.2 Å². The van der Waals surface area contributed by atoms with Crippen molar-refractivity contribution in [1.29, 1.82) is 0 Å². The maximum Gasteiger partial charge on any atom is 0.163 e. The van der Waals surface area contributed by atoms with Gasteiger partial charge >= 0.3 is 0 Å². The van der Waals surface area contributed by atoms with Gasteiger partial charge in [0.05, 0.1) is 23.6 Å². The molecule has 1 saturated carbocycles. The second-order valence-corrected chi connectivity index (χ2v) is 9.61. The van der Waals surface area contributed by atoms with E-state index < -0.39 is 5.79 Å². The van der Waals surface area contributed by atoms with Crippen LogP contribution in [-0.4, -0.2) is 44.7 Å². The highest BCUT2D eigenvalue weighted by Gasteiger charge is 2.61. The third kappa shape index (κ3) is 3.26. The first-order chi connectivity index (χ1) is 13.1. The predicted molar refractivity (Wildman–Crippen MR) is 108 cm³/mol. The van der Waals surface area contributed by atoms with Crippen molar-refractivity contribution in [2.45, 2.75) is 70.7 Å². The van der Waals surface area contributed by atoms with Crippen molar-refractivity contribution in [3.63, 3.8) is 0 Å². The molecule has 4 atom stereocenters. The molecule has 2 aliphatic rings. The molecule has 1 aliphatic heterocycles. The molecule has 3 heterocycles. The fraction of sp³-hybridized carbons (Fsp3) is 0.619. The Kier molecular flexibility index (Phi) is 4.62. The number of rotatable bonds is 4. The molecule has 0 N–H and O–H groups in total. The maximum absolute atomic E-state index is 6.36. The summed E-state index contributed by atoms with van der Waals surface area (Å²) in [5, 5.41) is 1.29. The fourth-order valence-electron chi connectivity index (χ4n) is 4.35. The molecule has 152 valence electrons. The summed E-state index contributed by atoms with van der Waals surface area (Å²) in [4.78, 5) is 8.56. The molecule has 28 heavy (non-hydrogen) atoms. The van der Waals surface area contributed by atoms with E-state index in [4.69, 9.17) is 25.8 Å². The van der Waals surface area contributed by atoms with Gasteiger partial charge in [-0.15, -0.1) is 6.58 Å². The van der Waals surface area contributed by atoms with Crippen molar-refractivity contribution >= 4 is 22.6 Å². The van der Waals surface area contributed by atoms with E-state index in [1.54, 1.807) is 0 Å². The van der Waals surface area contributed by atoms with Crippen molar-refractivity contribution in [3.8, 4) is 0 Å². The zero-order valence-corrected chi connectivity index (χ0v) is 17.9. The molecule has 7 heteroatoms. The van der Waals surface area contributed by atoms with Crippen LogP contribution >= 0.6 is 11.6 Å². The quantitative estimate of drug-likeness (QED) is 0.552. The van der Waals surface area contributed by atoms with E-state index in [1.165, 1.54) is 6.33 Å². The average Bonchev–Trinajstić information content (AvgIpc) is 3.24. The van der Waals surface area contributed by atoms with Gasteiger partial charge in [-0.2, -0.15) is 0 Å². The lowest BCUT2D eigenvalue weighted by molar-refractivity contribution is -0.172. The highest BCUT2D eigenvalue weighted by atomic mass is 35.5. The normalized spacial score (nSPS) is 32.0. The summed E-state index contributed by atoms with van der Waals surface area (Å²) < 4.78 is 21.0. The fourth-order valence-corrected chi connectivity index (χ4v) is 4.54. The van der Waals surface area contributed by atoms with Crippen LogP contribution in [0.3, 0.4) is 0 Å². The first-order valence-electron chi connectivity index (χ1n) is 9.65. The van der Waals surface area contributed by atoms with Crippen LogP contribution in [0.5, 0.6) is 0 Å². The van der Waals surface area contributed by atoms with Gasteiger partial charge in [0.15, 0.2) is 5.79 Å². The van der Waals surface area contributed by atoms with E-state index in [-0.39, 0.29) is 29.3 Å². The first-order valence-corrected chi connectivity index (χ1v) is 10.0. The second kappa shape index (κ2) is 6.52. The van der Waals surface area contributed by atoms with Gasteiger partial charge < -0.3 is 18.8 Å². The lowest BCUT2D eigenvalue weighted by Gasteiger charge is -2.35.